The first-order valence-corrected chi connectivity index (χ1v) is 3.24. The van der Waals surface area contributed by atoms with Crippen LogP contribution in [0.15, 0.2) is 30.3 Å². The van der Waals surface area contributed by atoms with Crippen LogP contribution in [0.5, 0.6) is 5.75 Å². The molecule has 0 amide bonds. The lowest BCUT2D eigenvalue weighted by Gasteiger charge is -2.10. The minimum atomic E-state index is -3.53. The first kappa shape index (κ1) is 8.54. The SMILES string of the molecule is C#CC(F)(F)Oc1ccccc1. The third-order valence-electron chi connectivity index (χ3n) is 1.16. The van der Waals surface area contributed by atoms with E-state index in [1.807, 2.05) is 0 Å². The van der Waals surface area contributed by atoms with E-state index in [-0.39, 0.29) is 5.75 Å². The molecule has 0 atom stereocenters. The molecule has 0 fully saturated rings. The maximum absolute atomic E-state index is 12.4. The van der Waals surface area contributed by atoms with Gasteiger partial charge in [-0.3, -0.25) is 0 Å². The van der Waals surface area contributed by atoms with Crippen LogP contribution in [0.3, 0.4) is 0 Å². The molecule has 1 rings (SSSR count). The molecule has 0 aliphatic rings. The molecule has 0 aliphatic heterocycles. The van der Waals surface area contributed by atoms with Crippen molar-refractivity contribution in [2.75, 3.05) is 0 Å². The van der Waals surface area contributed by atoms with E-state index >= 15 is 0 Å². The van der Waals surface area contributed by atoms with Gasteiger partial charge in [0.05, 0.1) is 0 Å². The van der Waals surface area contributed by atoms with Crippen molar-refractivity contribution in [2.45, 2.75) is 6.11 Å². The van der Waals surface area contributed by atoms with Crippen molar-refractivity contribution in [3.8, 4) is 18.1 Å². The van der Waals surface area contributed by atoms with E-state index < -0.39 is 6.11 Å². The van der Waals surface area contributed by atoms with Gasteiger partial charge in [0.1, 0.15) is 5.75 Å². The fourth-order valence-corrected chi connectivity index (χ4v) is 0.666. The number of terminal acetylenes is 1. The molecular formula is C9H6F2O. The molecule has 0 aromatic heterocycles. The molecule has 1 aromatic rings. The molecule has 0 N–H and O–H groups in total. The summed E-state index contributed by atoms with van der Waals surface area (Å²) < 4.78 is 28.9. The Balaban J connectivity index is 2.72. The predicted molar refractivity (Wildman–Crippen MR) is 40.9 cm³/mol. The number of hydrogen-bond acceptors (Lipinski definition) is 1. The van der Waals surface area contributed by atoms with Gasteiger partial charge in [-0.15, -0.1) is 6.42 Å². The first-order chi connectivity index (χ1) is 5.64. The summed E-state index contributed by atoms with van der Waals surface area (Å²) in [5.41, 5.74) is 0. The Bertz CT molecular complexity index is 287. The summed E-state index contributed by atoms with van der Waals surface area (Å²) in [5, 5.41) is 0. The lowest BCUT2D eigenvalue weighted by Crippen LogP contribution is -2.21. The Morgan fingerprint density at radius 2 is 1.83 bits per heavy atom. The Hall–Kier alpha value is -1.56. The van der Waals surface area contributed by atoms with Crippen molar-refractivity contribution < 1.29 is 13.5 Å². The second-order valence-electron chi connectivity index (χ2n) is 2.08. The minimum absolute atomic E-state index is 0.0560. The van der Waals surface area contributed by atoms with E-state index in [4.69, 9.17) is 0 Å². The fourth-order valence-electron chi connectivity index (χ4n) is 0.666. The van der Waals surface area contributed by atoms with E-state index in [1.165, 1.54) is 18.1 Å². The minimum Gasteiger partial charge on any atom is -0.423 e. The van der Waals surface area contributed by atoms with Crippen molar-refractivity contribution in [1.82, 2.24) is 0 Å². The van der Waals surface area contributed by atoms with Gasteiger partial charge in [0, 0.05) is 5.92 Å². The standard InChI is InChI=1S/C9H6F2O/c1-2-9(10,11)12-8-6-4-3-5-7-8/h1,3-7H. The molecule has 0 radical (unpaired) electrons. The molecule has 1 aromatic carbocycles. The normalized spacial score (nSPS) is 10.4. The van der Waals surface area contributed by atoms with Crippen molar-refractivity contribution in [1.29, 1.82) is 0 Å². The predicted octanol–water partition coefficient (Wildman–Crippen LogP) is 2.29. The van der Waals surface area contributed by atoms with Gasteiger partial charge >= 0.3 is 6.11 Å². The van der Waals surface area contributed by atoms with Gasteiger partial charge in [-0.05, 0) is 12.1 Å². The summed E-state index contributed by atoms with van der Waals surface area (Å²) in [5.74, 6) is 1.29. The monoisotopic (exact) mass is 168 g/mol. The van der Waals surface area contributed by atoms with Crippen LogP contribution in [-0.2, 0) is 0 Å². The third kappa shape index (κ3) is 2.24. The summed E-state index contributed by atoms with van der Waals surface area (Å²) in [6.07, 6.45) is 1.00. The van der Waals surface area contributed by atoms with Crippen LogP contribution >= 0.6 is 0 Å². The molecule has 0 aliphatic carbocycles. The van der Waals surface area contributed by atoms with Crippen LogP contribution in [0.2, 0.25) is 0 Å². The van der Waals surface area contributed by atoms with Crippen molar-refractivity contribution in [2.24, 2.45) is 0 Å². The van der Waals surface area contributed by atoms with E-state index in [9.17, 15) is 8.78 Å². The summed E-state index contributed by atoms with van der Waals surface area (Å²) in [6, 6.07) is 7.68. The van der Waals surface area contributed by atoms with Gasteiger partial charge < -0.3 is 4.74 Å². The van der Waals surface area contributed by atoms with E-state index in [0.29, 0.717) is 0 Å². The molecule has 0 saturated carbocycles. The average molecular weight is 168 g/mol. The first-order valence-electron chi connectivity index (χ1n) is 3.24. The Morgan fingerprint density at radius 3 is 2.33 bits per heavy atom. The molecule has 0 unspecified atom stereocenters. The highest BCUT2D eigenvalue weighted by molar-refractivity contribution is 5.22. The number of rotatable bonds is 2. The zero-order valence-electron chi connectivity index (χ0n) is 6.13. The zero-order chi connectivity index (χ0) is 9.03. The smallest absolute Gasteiger partial charge is 0.423 e. The maximum atomic E-state index is 12.4. The number of para-hydroxylation sites is 1. The Kier molecular flexibility index (Phi) is 2.29. The van der Waals surface area contributed by atoms with Crippen molar-refractivity contribution in [3.05, 3.63) is 30.3 Å². The number of ether oxygens (including phenoxy) is 1. The molecule has 3 heteroatoms. The molecule has 12 heavy (non-hydrogen) atoms. The highest BCUT2D eigenvalue weighted by atomic mass is 19.3. The quantitative estimate of drug-likeness (QED) is 0.615. The molecule has 0 spiro atoms. The highest BCUT2D eigenvalue weighted by Gasteiger charge is 2.27. The molecular weight excluding hydrogens is 162 g/mol. The summed E-state index contributed by atoms with van der Waals surface area (Å²) in [7, 11) is 0. The molecule has 1 nitrogen and oxygen atoms in total. The van der Waals surface area contributed by atoms with Crippen LogP contribution in [0.25, 0.3) is 0 Å². The Labute approximate surface area is 69.0 Å². The van der Waals surface area contributed by atoms with Gasteiger partial charge in [-0.25, -0.2) is 0 Å². The van der Waals surface area contributed by atoms with Gasteiger partial charge in [0.15, 0.2) is 0 Å². The van der Waals surface area contributed by atoms with Crippen LogP contribution in [-0.4, -0.2) is 6.11 Å². The third-order valence-corrected chi connectivity index (χ3v) is 1.16. The van der Waals surface area contributed by atoms with Crippen molar-refractivity contribution >= 4 is 0 Å². The summed E-state index contributed by atoms with van der Waals surface area (Å²) in [4.78, 5) is 0. The molecule has 0 heterocycles. The van der Waals surface area contributed by atoms with Crippen LogP contribution < -0.4 is 4.74 Å². The Morgan fingerprint density at radius 1 is 1.25 bits per heavy atom. The second kappa shape index (κ2) is 3.22. The molecule has 62 valence electrons. The van der Waals surface area contributed by atoms with E-state index in [0.717, 1.165) is 0 Å². The molecule has 0 bridgehead atoms. The average Bonchev–Trinajstić information content (AvgIpc) is 2.06. The number of hydrogen-bond donors (Lipinski definition) is 0. The zero-order valence-corrected chi connectivity index (χ0v) is 6.13. The van der Waals surface area contributed by atoms with E-state index in [1.54, 1.807) is 18.2 Å². The largest absolute Gasteiger partial charge is 0.468 e. The number of halogens is 2. The van der Waals surface area contributed by atoms with Gasteiger partial charge in [0.25, 0.3) is 0 Å². The lowest BCUT2D eigenvalue weighted by atomic mass is 10.3. The summed E-state index contributed by atoms with van der Waals surface area (Å²) >= 11 is 0. The maximum Gasteiger partial charge on any atom is 0.468 e. The van der Waals surface area contributed by atoms with Gasteiger partial charge in [-0.2, -0.15) is 8.78 Å². The van der Waals surface area contributed by atoms with Gasteiger partial charge in [-0.1, -0.05) is 18.2 Å². The van der Waals surface area contributed by atoms with Crippen LogP contribution in [0, 0.1) is 12.3 Å². The topological polar surface area (TPSA) is 9.23 Å². The molecule has 0 saturated heterocycles. The van der Waals surface area contributed by atoms with Crippen LogP contribution in [0.4, 0.5) is 8.78 Å². The number of alkyl halides is 2. The number of benzene rings is 1. The van der Waals surface area contributed by atoms with Gasteiger partial charge in [0.2, 0.25) is 0 Å². The van der Waals surface area contributed by atoms with Crippen molar-refractivity contribution in [3.63, 3.8) is 0 Å². The lowest BCUT2D eigenvalue weighted by molar-refractivity contribution is -0.122. The van der Waals surface area contributed by atoms with Crippen LogP contribution in [0.1, 0.15) is 0 Å². The van der Waals surface area contributed by atoms with E-state index in [2.05, 4.69) is 11.2 Å². The summed E-state index contributed by atoms with van der Waals surface area (Å²) in [6.45, 7) is 0. The highest BCUT2D eigenvalue weighted by Crippen LogP contribution is 2.19. The second-order valence-corrected chi connectivity index (χ2v) is 2.08. The fraction of sp³-hybridized carbons (Fsp3) is 0.111.